The van der Waals surface area contributed by atoms with Crippen molar-refractivity contribution in [1.29, 1.82) is 0 Å². The third-order valence-electron chi connectivity index (χ3n) is 3.42. The maximum Gasteiger partial charge on any atom is 0.231 e. The van der Waals surface area contributed by atoms with Crippen molar-refractivity contribution >= 4 is 0 Å². The van der Waals surface area contributed by atoms with Gasteiger partial charge in [0.25, 0.3) is 0 Å². The Morgan fingerprint density at radius 1 is 1.21 bits per heavy atom. The van der Waals surface area contributed by atoms with Gasteiger partial charge in [-0.3, -0.25) is 0 Å². The lowest BCUT2D eigenvalue weighted by Gasteiger charge is -2.23. The maximum atomic E-state index is 9.38. The zero-order valence-electron chi connectivity index (χ0n) is 10.8. The number of benzene rings is 1. The zero-order valence-corrected chi connectivity index (χ0v) is 10.8. The third-order valence-corrected chi connectivity index (χ3v) is 3.42. The Balaban J connectivity index is 1.69. The lowest BCUT2D eigenvalue weighted by atomic mass is 10.1. The summed E-state index contributed by atoms with van der Waals surface area (Å²) in [6, 6.07) is 3.54. The molecule has 0 spiro atoms. The lowest BCUT2D eigenvalue weighted by Crippen LogP contribution is -2.26. The van der Waals surface area contributed by atoms with Crippen molar-refractivity contribution in [1.82, 2.24) is 0 Å². The molecule has 1 aromatic rings. The van der Waals surface area contributed by atoms with Gasteiger partial charge >= 0.3 is 0 Å². The van der Waals surface area contributed by atoms with Crippen LogP contribution in [0.15, 0.2) is 12.1 Å². The molecule has 5 heteroatoms. The summed E-state index contributed by atoms with van der Waals surface area (Å²) >= 11 is 0. The van der Waals surface area contributed by atoms with Gasteiger partial charge in [-0.2, -0.15) is 0 Å². The lowest BCUT2D eigenvalue weighted by molar-refractivity contribution is -0.0114. The molecular weight excluding hydrogens is 248 g/mol. The number of ether oxygens (including phenoxy) is 4. The molecule has 0 aliphatic carbocycles. The second-order valence-electron chi connectivity index (χ2n) is 4.77. The monoisotopic (exact) mass is 266 g/mol. The highest BCUT2D eigenvalue weighted by atomic mass is 16.7. The summed E-state index contributed by atoms with van der Waals surface area (Å²) < 4.78 is 22.0. The van der Waals surface area contributed by atoms with E-state index in [1.165, 1.54) is 6.42 Å². The molecule has 1 N–H and O–H groups in total. The summed E-state index contributed by atoms with van der Waals surface area (Å²) in [5.74, 6) is 1.96. The number of hydrogen-bond donors (Lipinski definition) is 1. The van der Waals surface area contributed by atoms with E-state index in [2.05, 4.69) is 0 Å². The average Bonchev–Trinajstić information content (AvgIpc) is 2.92. The van der Waals surface area contributed by atoms with Crippen molar-refractivity contribution in [2.45, 2.75) is 32.0 Å². The predicted octanol–water partition coefficient (Wildman–Crippen LogP) is 1.86. The molecule has 2 heterocycles. The fourth-order valence-electron chi connectivity index (χ4n) is 2.34. The quantitative estimate of drug-likeness (QED) is 0.901. The summed E-state index contributed by atoms with van der Waals surface area (Å²) in [5, 5.41) is 9.38. The van der Waals surface area contributed by atoms with Gasteiger partial charge in [0.2, 0.25) is 6.79 Å². The van der Waals surface area contributed by atoms with E-state index in [9.17, 15) is 5.11 Å². The van der Waals surface area contributed by atoms with Crippen molar-refractivity contribution in [3.63, 3.8) is 0 Å². The van der Waals surface area contributed by atoms with Crippen molar-refractivity contribution in [2.75, 3.05) is 20.0 Å². The van der Waals surface area contributed by atoms with Gasteiger partial charge in [-0.15, -0.1) is 0 Å². The molecule has 1 aromatic carbocycles. The molecule has 19 heavy (non-hydrogen) atoms. The van der Waals surface area contributed by atoms with Crippen LogP contribution in [0.25, 0.3) is 0 Å². The van der Waals surface area contributed by atoms with Gasteiger partial charge in [0.1, 0.15) is 12.4 Å². The van der Waals surface area contributed by atoms with Crippen molar-refractivity contribution in [2.24, 2.45) is 0 Å². The van der Waals surface area contributed by atoms with Gasteiger partial charge < -0.3 is 24.1 Å². The highest BCUT2D eigenvalue weighted by molar-refractivity contribution is 5.51. The molecular formula is C14H18O5. The third kappa shape index (κ3) is 2.77. The largest absolute Gasteiger partial charge is 0.490 e. The number of aliphatic hydroxyl groups excluding tert-OH is 1. The van der Waals surface area contributed by atoms with Crippen LogP contribution in [-0.2, 0) is 11.3 Å². The van der Waals surface area contributed by atoms with Crippen LogP contribution in [0.2, 0.25) is 0 Å². The molecule has 1 fully saturated rings. The summed E-state index contributed by atoms with van der Waals surface area (Å²) in [6.07, 6.45) is 3.48. The van der Waals surface area contributed by atoms with Gasteiger partial charge in [0.15, 0.2) is 11.5 Å². The normalized spacial score (nSPS) is 21.4. The second kappa shape index (κ2) is 5.67. The highest BCUT2D eigenvalue weighted by Gasteiger charge is 2.19. The SMILES string of the molecule is OCc1cc2c(cc1OCC1CCCCO1)OCO2. The van der Waals surface area contributed by atoms with Crippen LogP contribution in [0.4, 0.5) is 0 Å². The molecule has 0 amide bonds. The van der Waals surface area contributed by atoms with E-state index in [4.69, 9.17) is 18.9 Å². The van der Waals surface area contributed by atoms with Crippen LogP contribution >= 0.6 is 0 Å². The fourth-order valence-corrected chi connectivity index (χ4v) is 2.34. The molecule has 5 nitrogen and oxygen atoms in total. The van der Waals surface area contributed by atoms with Crippen molar-refractivity contribution < 1.29 is 24.1 Å². The number of rotatable bonds is 4. The number of aliphatic hydroxyl groups is 1. The van der Waals surface area contributed by atoms with E-state index in [0.29, 0.717) is 29.4 Å². The fraction of sp³-hybridized carbons (Fsp3) is 0.571. The molecule has 0 bridgehead atoms. The van der Waals surface area contributed by atoms with Crippen LogP contribution in [-0.4, -0.2) is 31.2 Å². The molecule has 1 saturated heterocycles. The first-order valence-corrected chi connectivity index (χ1v) is 6.64. The maximum absolute atomic E-state index is 9.38. The smallest absolute Gasteiger partial charge is 0.231 e. The van der Waals surface area contributed by atoms with E-state index in [1.54, 1.807) is 12.1 Å². The van der Waals surface area contributed by atoms with E-state index >= 15 is 0 Å². The van der Waals surface area contributed by atoms with Gasteiger partial charge in [0, 0.05) is 18.2 Å². The molecule has 1 atom stereocenters. The van der Waals surface area contributed by atoms with Crippen LogP contribution < -0.4 is 14.2 Å². The Kier molecular flexibility index (Phi) is 3.75. The Bertz CT molecular complexity index is 440. The first-order valence-electron chi connectivity index (χ1n) is 6.64. The van der Waals surface area contributed by atoms with Crippen LogP contribution in [0.5, 0.6) is 17.2 Å². The Hall–Kier alpha value is -1.46. The average molecular weight is 266 g/mol. The number of fused-ring (bicyclic) bond motifs is 1. The molecule has 0 radical (unpaired) electrons. The van der Waals surface area contributed by atoms with Gasteiger partial charge in [-0.25, -0.2) is 0 Å². The van der Waals surface area contributed by atoms with Crippen molar-refractivity contribution in [3.05, 3.63) is 17.7 Å². The first-order chi connectivity index (χ1) is 9.36. The van der Waals surface area contributed by atoms with Crippen LogP contribution in [0, 0.1) is 0 Å². The van der Waals surface area contributed by atoms with E-state index < -0.39 is 0 Å². The summed E-state index contributed by atoms with van der Waals surface area (Å²) in [5.41, 5.74) is 0.708. The minimum atomic E-state index is -0.0858. The molecule has 3 rings (SSSR count). The van der Waals surface area contributed by atoms with E-state index in [0.717, 1.165) is 19.4 Å². The molecule has 2 aliphatic rings. The minimum Gasteiger partial charge on any atom is -0.490 e. The highest BCUT2D eigenvalue weighted by Crippen LogP contribution is 2.38. The summed E-state index contributed by atoms with van der Waals surface area (Å²) in [4.78, 5) is 0. The Morgan fingerprint density at radius 2 is 2.05 bits per heavy atom. The summed E-state index contributed by atoms with van der Waals surface area (Å²) in [6.45, 7) is 1.45. The Morgan fingerprint density at radius 3 is 2.79 bits per heavy atom. The Labute approximate surface area is 112 Å². The van der Waals surface area contributed by atoms with Crippen molar-refractivity contribution in [3.8, 4) is 17.2 Å². The molecule has 104 valence electrons. The molecule has 2 aliphatic heterocycles. The standard InChI is InChI=1S/C14H18O5/c15-7-10-5-13-14(19-9-18-13)6-12(10)17-8-11-3-1-2-4-16-11/h5-6,11,15H,1-4,7-9H2. The number of hydrogen-bond acceptors (Lipinski definition) is 5. The van der Waals surface area contributed by atoms with Gasteiger partial charge in [-0.05, 0) is 25.3 Å². The van der Waals surface area contributed by atoms with Gasteiger partial charge in [0.05, 0.1) is 12.7 Å². The minimum absolute atomic E-state index is 0.0858. The zero-order chi connectivity index (χ0) is 13.1. The predicted molar refractivity (Wildman–Crippen MR) is 67.6 cm³/mol. The van der Waals surface area contributed by atoms with E-state index in [1.807, 2.05) is 0 Å². The molecule has 0 aromatic heterocycles. The first kappa shape index (κ1) is 12.6. The molecule has 1 unspecified atom stereocenters. The molecule has 0 saturated carbocycles. The van der Waals surface area contributed by atoms with E-state index in [-0.39, 0.29) is 19.5 Å². The summed E-state index contributed by atoms with van der Waals surface area (Å²) in [7, 11) is 0. The van der Waals surface area contributed by atoms with Gasteiger partial charge in [-0.1, -0.05) is 0 Å². The van der Waals surface area contributed by atoms with Crippen LogP contribution in [0.3, 0.4) is 0 Å². The van der Waals surface area contributed by atoms with Crippen LogP contribution in [0.1, 0.15) is 24.8 Å². The second-order valence-corrected chi connectivity index (χ2v) is 4.77. The topological polar surface area (TPSA) is 57.2 Å².